The fourth-order valence-electron chi connectivity index (χ4n) is 1.73. The minimum absolute atomic E-state index is 0.246. The number of rotatable bonds is 2. The van der Waals surface area contributed by atoms with E-state index in [-0.39, 0.29) is 5.58 Å². The van der Waals surface area contributed by atoms with Crippen LogP contribution in [0.2, 0.25) is 0 Å². The lowest BCUT2D eigenvalue weighted by atomic mass is 10.1. The first kappa shape index (κ1) is 12.2. The summed E-state index contributed by atoms with van der Waals surface area (Å²) in [5, 5.41) is 0.498. The summed E-state index contributed by atoms with van der Waals surface area (Å²) in [7, 11) is 2.76. The molecule has 1 heterocycles. The molecule has 0 radical (unpaired) electrons. The Morgan fingerprint density at radius 1 is 1.28 bits per heavy atom. The maximum Gasteiger partial charge on any atom is 0.339 e. The van der Waals surface area contributed by atoms with E-state index in [0.717, 1.165) is 0 Å². The Labute approximate surface area is 103 Å². The number of hydrogen-bond acceptors (Lipinski definition) is 5. The van der Waals surface area contributed by atoms with Crippen molar-refractivity contribution in [3.63, 3.8) is 0 Å². The quantitative estimate of drug-likeness (QED) is 0.599. The van der Waals surface area contributed by atoms with Crippen LogP contribution in [0.1, 0.15) is 15.9 Å². The van der Waals surface area contributed by atoms with Crippen LogP contribution in [0.3, 0.4) is 0 Å². The summed E-state index contributed by atoms with van der Waals surface area (Å²) in [6.07, 6.45) is 0. The lowest BCUT2D eigenvalue weighted by molar-refractivity contribution is 0.0603. The van der Waals surface area contributed by atoms with E-state index in [0.29, 0.717) is 22.3 Å². The summed E-state index contributed by atoms with van der Waals surface area (Å²) in [4.78, 5) is 23.2. The number of esters is 1. The highest BCUT2D eigenvalue weighted by Gasteiger charge is 2.16. The van der Waals surface area contributed by atoms with Crippen molar-refractivity contribution in [1.82, 2.24) is 0 Å². The fourth-order valence-corrected chi connectivity index (χ4v) is 1.73. The molecule has 94 valence electrons. The van der Waals surface area contributed by atoms with Crippen molar-refractivity contribution in [3.8, 4) is 5.75 Å². The largest absolute Gasteiger partial charge is 0.493 e. The SMILES string of the molecule is COC(=O)c1ccc(OC)c2oc(=O)c(C)cc12. The van der Waals surface area contributed by atoms with Gasteiger partial charge in [0.2, 0.25) is 0 Å². The average Bonchev–Trinajstić information content (AvgIpc) is 2.38. The van der Waals surface area contributed by atoms with Gasteiger partial charge in [0.15, 0.2) is 11.3 Å². The molecule has 1 aromatic heterocycles. The normalized spacial score (nSPS) is 10.4. The maximum atomic E-state index is 11.6. The predicted octanol–water partition coefficient (Wildman–Crippen LogP) is 1.90. The van der Waals surface area contributed by atoms with E-state index < -0.39 is 11.6 Å². The molecule has 0 bridgehead atoms. The van der Waals surface area contributed by atoms with Gasteiger partial charge in [-0.2, -0.15) is 0 Å². The molecule has 0 aliphatic carbocycles. The van der Waals surface area contributed by atoms with Gasteiger partial charge in [-0.15, -0.1) is 0 Å². The summed E-state index contributed by atoms with van der Waals surface area (Å²) in [6, 6.07) is 4.73. The zero-order valence-corrected chi connectivity index (χ0v) is 10.3. The Kier molecular flexibility index (Phi) is 3.06. The number of hydrogen-bond donors (Lipinski definition) is 0. The first-order valence-electron chi connectivity index (χ1n) is 5.28. The third kappa shape index (κ3) is 1.84. The van der Waals surface area contributed by atoms with Gasteiger partial charge in [-0.1, -0.05) is 0 Å². The Hall–Kier alpha value is -2.30. The summed E-state index contributed by atoms with van der Waals surface area (Å²) < 4.78 is 15.0. The molecular formula is C13H12O5. The van der Waals surface area contributed by atoms with E-state index in [1.54, 1.807) is 25.1 Å². The average molecular weight is 248 g/mol. The number of fused-ring (bicyclic) bond motifs is 1. The zero-order valence-electron chi connectivity index (χ0n) is 10.3. The molecule has 0 aliphatic rings. The van der Waals surface area contributed by atoms with E-state index >= 15 is 0 Å². The van der Waals surface area contributed by atoms with Gasteiger partial charge in [0.1, 0.15) is 0 Å². The van der Waals surface area contributed by atoms with Crippen LogP contribution in [0.15, 0.2) is 27.4 Å². The van der Waals surface area contributed by atoms with E-state index in [9.17, 15) is 9.59 Å². The van der Waals surface area contributed by atoms with Gasteiger partial charge in [-0.05, 0) is 25.1 Å². The van der Waals surface area contributed by atoms with Crippen molar-refractivity contribution < 1.29 is 18.7 Å². The minimum atomic E-state index is -0.490. The van der Waals surface area contributed by atoms with Crippen LogP contribution in [-0.4, -0.2) is 20.2 Å². The van der Waals surface area contributed by atoms with Crippen molar-refractivity contribution in [2.24, 2.45) is 0 Å². The van der Waals surface area contributed by atoms with Crippen molar-refractivity contribution in [2.75, 3.05) is 14.2 Å². The zero-order chi connectivity index (χ0) is 13.3. The third-order valence-corrected chi connectivity index (χ3v) is 2.66. The number of carbonyl (C=O) groups is 1. The molecule has 0 amide bonds. The highest BCUT2D eigenvalue weighted by molar-refractivity contribution is 6.04. The molecule has 0 atom stereocenters. The molecule has 18 heavy (non-hydrogen) atoms. The Morgan fingerprint density at radius 3 is 2.61 bits per heavy atom. The standard InChI is InChI=1S/C13H12O5/c1-7-6-9-8(13(15)17-3)4-5-10(16-2)11(9)18-12(7)14/h4-6H,1-3H3. The molecule has 0 aliphatic heterocycles. The number of carbonyl (C=O) groups excluding carboxylic acids is 1. The first-order valence-corrected chi connectivity index (χ1v) is 5.28. The van der Waals surface area contributed by atoms with Gasteiger partial charge in [-0.3, -0.25) is 0 Å². The first-order chi connectivity index (χ1) is 8.58. The number of benzene rings is 1. The second-order valence-electron chi connectivity index (χ2n) is 3.77. The number of ether oxygens (including phenoxy) is 2. The van der Waals surface area contributed by atoms with Gasteiger partial charge in [-0.25, -0.2) is 9.59 Å². The van der Waals surface area contributed by atoms with Crippen molar-refractivity contribution in [1.29, 1.82) is 0 Å². The molecule has 0 spiro atoms. The highest BCUT2D eigenvalue weighted by Crippen LogP contribution is 2.28. The topological polar surface area (TPSA) is 65.7 Å². The molecule has 2 rings (SSSR count). The predicted molar refractivity (Wildman–Crippen MR) is 65.1 cm³/mol. The molecule has 5 nitrogen and oxygen atoms in total. The molecule has 0 N–H and O–H groups in total. The molecule has 1 aromatic carbocycles. The van der Waals surface area contributed by atoms with Crippen LogP contribution in [0.25, 0.3) is 11.0 Å². The Balaban J connectivity index is 2.88. The van der Waals surface area contributed by atoms with Gasteiger partial charge in [0.25, 0.3) is 0 Å². The molecule has 0 unspecified atom stereocenters. The van der Waals surface area contributed by atoms with Gasteiger partial charge < -0.3 is 13.9 Å². The Morgan fingerprint density at radius 2 is 2.00 bits per heavy atom. The summed E-state index contributed by atoms with van der Waals surface area (Å²) in [6.45, 7) is 1.62. The lowest BCUT2D eigenvalue weighted by Crippen LogP contribution is -2.07. The van der Waals surface area contributed by atoms with Crippen molar-refractivity contribution >= 4 is 16.9 Å². The van der Waals surface area contributed by atoms with Crippen LogP contribution in [0, 0.1) is 6.92 Å². The van der Waals surface area contributed by atoms with Crippen LogP contribution in [-0.2, 0) is 4.74 Å². The van der Waals surface area contributed by atoms with Crippen molar-refractivity contribution in [2.45, 2.75) is 6.92 Å². The van der Waals surface area contributed by atoms with Gasteiger partial charge in [0, 0.05) is 10.9 Å². The molecule has 5 heteroatoms. The van der Waals surface area contributed by atoms with Crippen LogP contribution in [0.5, 0.6) is 5.75 Å². The Bertz CT molecular complexity index is 669. The number of methoxy groups -OCH3 is 2. The highest BCUT2D eigenvalue weighted by atomic mass is 16.5. The molecule has 0 saturated heterocycles. The third-order valence-electron chi connectivity index (χ3n) is 2.66. The molecule has 0 fully saturated rings. The van der Waals surface area contributed by atoms with Crippen molar-refractivity contribution in [3.05, 3.63) is 39.7 Å². The monoisotopic (exact) mass is 248 g/mol. The van der Waals surface area contributed by atoms with Crippen LogP contribution in [0.4, 0.5) is 0 Å². The van der Waals surface area contributed by atoms with Gasteiger partial charge >= 0.3 is 11.6 Å². The minimum Gasteiger partial charge on any atom is -0.493 e. The fraction of sp³-hybridized carbons (Fsp3) is 0.231. The van der Waals surface area contributed by atoms with E-state index in [4.69, 9.17) is 9.15 Å². The maximum absolute atomic E-state index is 11.6. The van der Waals surface area contributed by atoms with E-state index in [2.05, 4.69) is 4.74 Å². The molecular weight excluding hydrogens is 236 g/mol. The van der Waals surface area contributed by atoms with E-state index in [1.807, 2.05) is 0 Å². The summed E-state index contributed by atoms with van der Waals surface area (Å²) in [5.74, 6) is -0.0920. The smallest absolute Gasteiger partial charge is 0.339 e. The molecule has 0 saturated carbocycles. The number of aryl methyl sites for hydroxylation is 1. The lowest BCUT2D eigenvalue weighted by Gasteiger charge is -2.08. The summed E-state index contributed by atoms with van der Waals surface area (Å²) in [5.41, 5.74) is 0.542. The van der Waals surface area contributed by atoms with Crippen LogP contribution >= 0.6 is 0 Å². The van der Waals surface area contributed by atoms with Crippen LogP contribution < -0.4 is 10.4 Å². The second kappa shape index (κ2) is 4.52. The van der Waals surface area contributed by atoms with Gasteiger partial charge in [0.05, 0.1) is 19.8 Å². The van der Waals surface area contributed by atoms with E-state index in [1.165, 1.54) is 14.2 Å². The summed E-state index contributed by atoms with van der Waals surface area (Å²) >= 11 is 0. The second-order valence-corrected chi connectivity index (χ2v) is 3.77. The molecule has 2 aromatic rings.